The number of nitrogens with two attached hydrogens (primary N) is 1. The van der Waals surface area contributed by atoms with E-state index in [1.807, 2.05) is 12.1 Å². The number of amides is 1. The molecule has 0 spiro atoms. The average Bonchev–Trinajstić information content (AvgIpc) is 2.82. The lowest BCUT2D eigenvalue weighted by molar-refractivity contribution is -0.110. The van der Waals surface area contributed by atoms with Crippen molar-refractivity contribution in [3.8, 4) is 5.75 Å². The maximum absolute atomic E-state index is 12.2. The Morgan fingerprint density at radius 3 is 2.61 bits per heavy atom. The van der Waals surface area contributed by atoms with Gasteiger partial charge in [0.1, 0.15) is 5.75 Å². The van der Waals surface area contributed by atoms with Crippen LogP contribution in [-0.2, 0) is 14.8 Å². The number of sulfonamides is 1. The van der Waals surface area contributed by atoms with Gasteiger partial charge in [0.25, 0.3) is 5.91 Å². The third kappa shape index (κ3) is 2.84. The van der Waals surface area contributed by atoms with Gasteiger partial charge in [0.15, 0.2) is 0 Å². The van der Waals surface area contributed by atoms with Crippen molar-refractivity contribution in [1.82, 2.24) is 0 Å². The molecule has 0 bridgehead atoms. The molecule has 0 radical (unpaired) electrons. The highest BCUT2D eigenvalue weighted by molar-refractivity contribution is 7.89. The lowest BCUT2D eigenvalue weighted by Gasteiger charge is -2.05. The van der Waals surface area contributed by atoms with Gasteiger partial charge in [0.2, 0.25) is 10.0 Å². The van der Waals surface area contributed by atoms with Crippen LogP contribution in [0.5, 0.6) is 5.75 Å². The third-order valence-corrected chi connectivity index (χ3v) is 4.45. The zero-order chi connectivity index (χ0) is 16.6. The minimum atomic E-state index is -3.84. The summed E-state index contributed by atoms with van der Waals surface area (Å²) in [6.07, 6.45) is 1.66. The number of nitrogens with one attached hydrogen (secondary N) is 1. The van der Waals surface area contributed by atoms with Gasteiger partial charge in [-0.05, 0) is 30.3 Å². The number of anilines is 1. The molecule has 0 aliphatic carbocycles. The van der Waals surface area contributed by atoms with Crippen LogP contribution in [0.1, 0.15) is 11.1 Å². The summed E-state index contributed by atoms with van der Waals surface area (Å²) in [5.74, 6) is 0.307. The summed E-state index contributed by atoms with van der Waals surface area (Å²) >= 11 is 0. The molecule has 3 rings (SSSR count). The van der Waals surface area contributed by atoms with Crippen LogP contribution in [0.3, 0.4) is 0 Å². The predicted molar refractivity (Wildman–Crippen MR) is 87.3 cm³/mol. The molecule has 0 saturated carbocycles. The molecular formula is C16H14N2O4S. The van der Waals surface area contributed by atoms with Gasteiger partial charge in [0, 0.05) is 22.4 Å². The molecule has 0 fully saturated rings. The number of benzene rings is 2. The maximum Gasteiger partial charge on any atom is 0.256 e. The van der Waals surface area contributed by atoms with Crippen LogP contribution in [-0.4, -0.2) is 21.4 Å². The number of hydrogen-bond acceptors (Lipinski definition) is 4. The van der Waals surface area contributed by atoms with Crippen LogP contribution in [0, 0.1) is 0 Å². The molecule has 1 aliphatic heterocycles. The highest BCUT2D eigenvalue weighted by Crippen LogP contribution is 2.35. The van der Waals surface area contributed by atoms with Crippen molar-refractivity contribution in [3.05, 3.63) is 53.6 Å². The Morgan fingerprint density at radius 1 is 1.17 bits per heavy atom. The Hall–Kier alpha value is -2.64. The normalized spacial score (nSPS) is 15.4. The molecule has 2 aromatic carbocycles. The average molecular weight is 330 g/mol. The van der Waals surface area contributed by atoms with Gasteiger partial charge in [-0.15, -0.1) is 0 Å². The number of hydrogen-bond donors (Lipinski definition) is 2. The van der Waals surface area contributed by atoms with Crippen LogP contribution in [0.25, 0.3) is 11.6 Å². The zero-order valence-corrected chi connectivity index (χ0v) is 13.1. The molecule has 0 aromatic heterocycles. The summed E-state index contributed by atoms with van der Waals surface area (Å²) in [6, 6.07) is 11.5. The van der Waals surface area contributed by atoms with Crippen molar-refractivity contribution >= 4 is 33.3 Å². The van der Waals surface area contributed by atoms with Gasteiger partial charge in [-0.3, -0.25) is 4.79 Å². The minimum Gasteiger partial charge on any atom is -0.496 e. The van der Waals surface area contributed by atoms with E-state index in [2.05, 4.69) is 5.32 Å². The number of primary sulfonamides is 1. The Labute approximate surface area is 133 Å². The first-order chi connectivity index (χ1) is 10.9. The Bertz CT molecular complexity index is 933. The van der Waals surface area contributed by atoms with Crippen LogP contribution in [0.15, 0.2) is 47.4 Å². The second-order valence-electron chi connectivity index (χ2n) is 5.01. The summed E-state index contributed by atoms with van der Waals surface area (Å²) in [4.78, 5) is 12.2. The fourth-order valence-corrected chi connectivity index (χ4v) is 2.97. The van der Waals surface area contributed by atoms with E-state index >= 15 is 0 Å². The number of fused-ring (bicyclic) bond motifs is 1. The number of ether oxygens (including phenoxy) is 1. The van der Waals surface area contributed by atoms with Gasteiger partial charge >= 0.3 is 0 Å². The topological polar surface area (TPSA) is 98.5 Å². The third-order valence-electron chi connectivity index (χ3n) is 3.54. The lowest BCUT2D eigenvalue weighted by Crippen LogP contribution is -2.12. The van der Waals surface area contributed by atoms with Crippen molar-refractivity contribution < 1.29 is 17.9 Å². The van der Waals surface area contributed by atoms with Crippen LogP contribution >= 0.6 is 0 Å². The molecule has 1 amide bonds. The fourth-order valence-electron chi connectivity index (χ4n) is 2.43. The quantitative estimate of drug-likeness (QED) is 0.839. The van der Waals surface area contributed by atoms with E-state index in [-0.39, 0.29) is 10.8 Å². The molecule has 3 N–H and O–H groups in total. The summed E-state index contributed by atoms with van der Waals surface area (Å²) in [5, 5.41) is 7.86. The monoisotopic (exact) mass is 330 g/mol. The first kappa shape index (κ1) is 15.3. The molecule has 1 heterocycles. The van der Waals surface area contributed by atoms with Crippen molar-refractivity contribution in [3.63, 3.8) is 0 Å². The van der Waals surface area contributed by atoms with Gasteiger partial charge < -0.3 is 10.1 Å². The smallest absolute Gasteiger partial charge is 0.256 e. The standard InChI is InChI=1S/C16H14N2O4S/c1-22-15-5-3-2-4-10(15)8-13-12-9-11(23(17,20)21)6-7-14(12)18-16(13)19/h2-9H,1H3,(H,18,19)(H2,17,20,21)/b13-8-. The Balaban J connectivity index is 2.16. The Morgan fingerprint density at radius 2 is 1.91 bits per heavy atom. The highest BCUT2D eigenvalue weighted by atomic mass is 32.2. The largest absolute Gasteiger partial charge is 0.496 e. The van der Waals surface area contributed by atoms with Crippen molar-refractivity contribution in [2.75, 3.05) is 12.4 Å². The van der Waals surface area contributed by atoms with E-state index in [0.29, 0.717) is 28.1 Å². The van der Waals surface area contributed by atoms with Gasteiger partial charge in [-0.1, -0.05) is 18.2 Å². The van der Waals surface area contributed by atoms with E-state index in [1.54, 1.807) is 25.3 Å². The first-order valence-electron chi connectivity index (χ1n) is 6.73. The number of methoxy groups -OCH3 is 1. The van der Waals surface area contributed by atoms with Gasteiger partial charge in [-0.2, -0.15) is 0 Å². The number of para-hydroxylation sites is 1. The minimum absolute atomic E-state index is 0.0429. The van der Waals surface area contributed by atoms with Crippen LogP contribution < -0.4 is 15.2 Å². The van der Waals surface area contributed by atoms with E-state index < -0.39 is 10.0 Å². The molecule has 6 nitrogen and oxygen atoms in total. The van der Waals surface area contributed by atoms with Crippen LogP contribution in [0.2, 0.25) is 0 Å². The molecule has 23 heavy (non-hydrogen) atoms. The molecule has 0 saturated heterocycles. The van der Waals surface area contributed by atoms with Crippen molar-refractivity contribution in [2.45, 2.75) is 4.90 Å². The molecule has 0 atom stereocenters. The summed E-state index contributed by atoms with van der Waals surface area (Å²) in [7, 11) is -2.30. The SMILES string of the molecule is COc1ccccc1/C=C1\C(=O)Nc2ccc(S(N)(=O)=O)cc21. The molecule has 2 aromatic rings. The van der Waals surface area contributed by atoms with Crippen molar-refractivity contribution in [2.24, 2.45) is 5.14 Å². The summed E-state index contributed by atoms with van der Waals surface area (Å²) < 4.78 is 28.3. The summed E-state index contributed by atoms with van der Waals surface area (Å²) in [6.45, 7) is 0. The number of carbonyl (C=O) groups excluding carboxylic acids is 1. The van der Waals surface area contributed by atoms with E-state index in [4.69, 9.17) is 9.88 Å². The van der Waals surface area contributed by atoms with Crippen molar-refractivity contribution in [1.29, 1.82) is 0 Å². The van der Waals surface area contributed by atoms with E-state index in [1.165, 1.54) is 18.2 Å². The van der Waals surface area contributed by atoms with E-state index in [0.717, 1.165) is 0 Å². The Kier molecular flexibility index (Phi) is 3.67. The molecular weight excluding hydrogens is 316 g/mol. The highest BCUT2D eigenvalue weighted by Gasteiger charge is 2.26. The maximum atomic E-state index is 12.2. The molecule has 118 valence electrons. The van der Waals surface area contributed by atoms with Crippen LogP contribution in [0.4, 0.5) is 5.69 Å². The molecule has 7 heteroatoms. The lowest BCUT2D eigenvalue weighted by atomic mass is 10.0. The number of rotatable bonds is 3. The second-order valence-corrected chi connectivity index (χ2v) is 6.57. The molecule has 1 aliphatic rings. The first-order valence-corrected chi connectivity index (χ1v) is 8.28. The van der Waals surface area contributed by atoms with E-state index in [9.17, 15) is 13.2 Å². The molecule has 0 unspecified atom stereocenters. The zero-order valence-electron chi connectivity index (χ0n) is 12.2. The van der Waals surface area contributed by atoms with Gasteiger partial charge in [0.05, 0.1) is 12.0 Å². The summed E-state index contributed by atoms with van der Waals surface area (Å²) in [5.41, 5.74) is 2.11. The number of carbonyl (C=O) groups is 1. The fraction of sp³-hybridized carbons (Fsp3) is 0.0625. The predicted octanol–water partition coefficient (Wildman–Crippen LogP) is 1.84. The van der Waals surface area contributed by atoms with Gasteiger partial charge in [-0.25, -0.2) is 13.6 Å². The second kappa shape index (κ2) is 5.53.